The van der Waals surface area contributed by atoms with Gasteiger partial charge in [0.25, 0.3) is 0 Å². The Bertz CT molecular complexity index is 652. The highest BCUT2D eigenvalue weighted by Gasteiger charge is 2.06. The Labute approximate surface area is 128 Å². The number of rotatable bonds is 2. The molecule has 0 bridgehead atoms. The number of aromatic hydroxyl groups is 1. The Morgan fingerprint density at radius 1 is 1.10 bits per heavy atom. The Morgan fingerprint density at radius 2 is 1.80 bits per heavy atom. The van der Waals surface area contributed by atoms with Crippen LogP contribution in [0.5, 0.6) is 5.75 Å². The van der Waals surface area contributed by atoms with Gasteiger partial charge in [-0.05, 0) is 61.5 Å². The summed E-state index contributed by atoms with van der Waals surface area (Å²) in [5.41, 5.74) is 3.36. The Kier molecular flexibility index (Phi) is 4.47. The third-order valence-electron chi connectivity index (χ3n) is 2.92. The summed E-state index contributed by atoms with van der Waals surface area (Å²) in [6, 6.07) is 10.9. The largest absolute Gasteiger partial charge is 0.506 e. The zero-order valence-electron chi connectivity index (χ0n) is 11.2. The number of aryl methyl sites for hydroxylation is 1. The number of phenols is 1. The summed E-state index contributed by atoms with van der Waals surface area (Å²) >= 11 is 11.3. The average Bonchev–Trinajstić information content (AvgIpc) is 2.39. The van der Waals surface area contributed by atoms with E-state index in [-0.39, 0.29) is 5.75 Å². The molecule has 0 amide bonds. The molecule has 0 spiro atoms. The van der Waals surface area contributed by atoms with Crippen LogP contribution in [0, 0.1) is 13.8 Å². The molecule has 0 radical (unpaired) electrons. The summed E-state index contributed by atoms with van der Waals surface area (Å²) < 4.78 is 0. The molecule has 2 aromatic rings. The molecule has 0 saturated carbocycles. The van der Waals surface area contributed by atoms with Crippen molar-refractivity contribution in [1.29, 1.82) is 0 Å². The van der Waals surface area contributed by atoms with Gasteiger partial charge in [0.2, 0.25) is 0 Å². The van der Waals surface area contributed by atoms with Gasteiger partial charge >= 0.3 is 0 Å². The number of anilines is 2. The second-order valence-corrected chi connectivity index (χ2v) is 5.33. The van der Waals surface area contributed by atoms with E-state index in [1.54, 1.807) is 6.07 Å². The van der Waals surface area contributed by atoms with Gasteiger partial charge in [0.05, 0.1) is 5.69 Å². The lowest BCUT2D eigenvalue weighted by atomic mass is 10.2. The molecular weight excluding hydrogens is 292 g/mol. The van der Waals surface area contributed by atoms with Crippen molar-refractivity contribution in [2.75, 3.05) is 10.6 Å². The second kappa shape index (κ2) is 6.11. The maximum absolute atomic E-state index is 9.78. The van der Waals surface area contributed by atoms with Gasteiger partial charge in [-0.1, -0.05) is 23.7 Å². The van der Waals surface area contributed by atoms with Crippen LogP contribution in [-0.4, -0.2) is 10.2 Å². The van der Waals surface area contributed by atoms with Crippen LogP contribution in [-0.2, 0) is 0 Å². The molecule has 2 rings (SSSR count). The third-order valence-corrected chi connectivity index (χ3v) is 3.53. The zero-order valence-corrected chi connectivity index (χ0v) is 12.8. The number of phenolic OH excluding ortho intramolecular Hbond substituents is 1. The molecular formula is C15H15ClN2OS. The lowest BCUT2D eigenvalue weighted by molar-refractivity contribution is 0.478. The molecule has 0 aliphatic heterocycles. The molecule has 0 aliphatic carbocycles. The molecule has 0 unspecified atom stereocenters. The van der Waals surface area contributed by atoms with Gasteiger partial charge < -0.3 is 15.7 Å². The van der Waals surface area contributed by atoms with Crippen molar-refractivity contribution in [3.63, 3.8) is 0 Å². The Balaban J connectivity index is 2.13. The van der Waals surface area contributed by atoms with Crippen LogP contribution in [0.3, 0.4) is 0 Å². The van der Waals surface area contributed by atoms with Gasteiger partial charge in [0.1, 0.15) is 5.75 Å². The fourth-order valence-electron chi connectivity index (χ4n) is 1.77. The van der Waals surface area contributed by atoms with Crippen molar-refractivity contribution < 1.29 is 5.11 Å². The number of nitrogens with one attached hydrogen (secondary N) is 2. The molecule has 3 nitrogen and oxygen atoms in total. The maximum atomic E-state index is 9.78. The predicted octanol–water partition coefficient (Wildman–Crippen LogP) is 4.47. The van der Waals surface area contributed by atoms with E-state index >= 15 is 0 Å². The lowest BCUT2D eigenvalue weighted by Gasteiger charge is -2.14. The first-order chi connectivity index (χ1) is 9.47. The highest BCUT2D eigenvalue weighted by Crippen LogP contribution is 2.25. The first kappa shape index (κ1) is 14.6. The monoisotopic (exact) mass is 306 g/mol. The zero-order chi connectivity index (χ0) is 14.7. The Hall–Kier alpha value is -1.78. The van der Waals surface area contributed by atoms with Gasteiger partial charge in [-0.3, -0.25) is 0 Å². The quantitative estimate of drug-likeness (QED) is 0.566. The van der Waals surface area contributed by atoms with Crippen LogP contribution >= 0.6 is 23.8 Å². The molecule has 0 aromatic heterocycles. The molecule has 0 saturated heterocycles. The first-order valence-corrected chi connectivity index (χ1v) is 6.88. The van der Waals surface area contributed by atoms with Crippen LogP contribution in [0.1, 0.15) is 11.1 Å². The minimum Gasteiger partial charge on any atom is -0.506 e. The van der Waals surface area contributed by atoms with Crippen molar-refractivity contribution in [3.05, 3.63) is 52.5 Å². The summed E-state index contributed by atoms with van der Waals surface area (Å²) in [6.07, 6.45) is 0. The number of thiocarbonyl (C=S) groups is 1. The summed E-state index contributed by atoms with van der Waals surface area (Å²) in [6.45, 7) is 3.86. The minimum absolute atomic E-state index is 0.155. The summed E-state index contributed by atoms with van der Waals surface area (Å²) in [5.74, 6) is 0.155. The fraction of sp³-hybridized carbons (Fsp3) is 0.133. The van der Waals surface area contributed by atoms with Gasteiger partial charge in [-0.25, -0.2) is 0 Å². The smallest absolute Gasteiger partial charge is 0.175 e. The molecule has 2 aromatic carbocycles. The SMILES string of the molecule is Cc1ccc(O)c(NC(=S)Nc2cccc(Cl)c2C)c1. The highest BCUT2D eigenvalue weighted by molar-refractivity contribution is 7.80. The van der Waals surface area contributed by atoms with E-state index < -0.39 is 0 Å². The third kappa shape index (κ3) is 3.40. The average molecular weight is 307 g/mol. The van der Waals surface area contributed by atoms with Gasteiger partial charge in [0, 0.05) is 10.7 Å². The van der Waals surface area contributed by atoms with Crippen molar-refractivity contribution in [3.8, 4) is 5.75 Å². The fourth-order valence-corrected chi connectivity index (χ4v) is 2.16. The minimum atomic E-state index is 0.155. The van der Waals surface area contributed by atoms with Crippen molar-refractivity contribution in [2.24, 2.45) is 0 Å². The van der Waals surface area contributed by atoms with Crippen molar-refractivity contribution in [1.82, 2.24) is 0 Å². The van der Waals surface area contributed by atoms with E-state index in [1.807, 2.05) is 44.2 Å². The van der Waals surface area contributed by atoms with Crippen LogP contribution in [0.4, 0.5) is 11.4 Å². The van der Waals surface area contributed by atoms with E-state index in [4.69, 9.17) is 23.8 Å². The topological polar surface area (TPSA) is 44.3 Å². The molecule has 20 heavy (non-hydrogen) atoms. The van der Waals surface area contributed by atoms with Gasteiger partial charge in [0.15, 0.2) is 5.11 Å². The molecule has 3 N–H and O–H groups in total. The van der Waals surface area contributed by atoms with Crippen LogP contribution in [0.2, 0.25) is 5.02 Å². The van der Waals surface area contributed by atoms with Crippen molar-refractivity contribution >= 4 is 40.3 Å². The number of benzene rings is 2. The van der Waals surface area contributed by atoms with Crippen LogP contribution < -0.4 is 10.6 Å². The molecule has 0 heterocycles. The standard InChI is InChI=1S/C15H15ClN2OS/c1-9-6-7-14(19)13(8-9)18-15(20)17-12-5-3-4-11(16)10(12)2/h3-8,19H,1-2H3,(H2,17,18,20). The predicted molar refractivity (Wildman–Crippen MR) is 88.9 cm³/mol. The van der Waals surface area contributed by atoms with E-state index in [0.717, 1.165) is 16.8 Å². The number of halogens is 1. The van der Waals surface area contributed by atoms with Gasteiger partial charge in [-0.2, -0.15) is 0 Å². The second-order valence-electron chi connectivity index (χ2n) is 4.51. The molecule has 0 fully saturated rings. The van der Waals surface area contributed by atoms with E-state index in [2.05, 4.69) is 10.6 Å². The van der Waals surface area contributed by atoms with Crippen LogP contribution in [0.25, 0.3) is 0 Å². The highest BCUT2D eigenvalue weighted by atomic mass is 35.5. The lowest BCUT2D eigenvalue weighted by Crippen LogP contribution is -2.19. The number of hydrogen-bond donors (Lipinski definition) is 3. The van der Waals surface area contributed by atoms with E-state index in [9.17, 15) is 5.11 Å². The summed E-state index contributed by atoms with van der Waals surface area (Å²) in [5, 5.41) is 16.9. The first-order valence-electron chi connectivity index (χ1n) is 6.10. The molecule has 5 heteroatoms. The Morgan fingerprint density at radius 3 is 2.55 bits per heavy atom. The maximum Gasteiger partial charge on any atom is 0.175 e. The summed E-state index contributed by atoms with van der Waals surface area (Å²) in [7, 11) is 0. The van der Waals surface area contributed by atoms with E-state index in [0.29, 0.717) is 15.8 Å². The van der Waals surface area contributed by atoms with Crippen molar-refractivity contribution in [2.45, 2.75) is 13.8 Å². The van der Waals surface area contributed by atoms with Gasteiger partial charge in [-0.15, -0.1) is 0 Å². The molecule has 0 aliphatic rings. The molecule has 104 valence electrons. The van der Waals surface area contributed by atoms with E-state index in [1.165, 1.54) is 0 Å². The molecule has 0 atom stereocenters. The normalized spacial score (nSPS) is 10.2. The summed E-state index contributed by atoms with van der Waals surface area (Å²) in [4.78, 5) is 0. The van der Waals surface area contributed by atoms with Crippen LogP contribution in [0.15, 0.2) is 36.4 Å². The number of hydrogen-bond acceptors (Lipinski definition) is 2.